The Labute approximate surface area is 105 Å². The molecule has 1 atom stereocenters. The van der Waals surface area contributed by atoms with Crippen LogP contribution in [0.1, 0.15) is 59.3 Å². The Hall–Kier alpha value is 0.250. The van der Waals surface area contributed by atoms with Gasteiger partial charge in [0.25, 0.3) is 0 Å². The van der Waals surface area contributed by atoms with Gasteiger partial charge in [0.1, 0.15) is 0 Å². The highest BCUT2D eigenvalue weighted by atomic mass is 35.5. The lowest BCUT2D eigenvalue weighted by molar-refractivity contribution is -0.111. The molecule has 1 saturated carbocycles. The minimum Gasteiger partial charge on any atom is -0.375 e. The standard InChI is InChI=1S/C14H25ClO/c1-13(2,3)11-4-7-14(8-5-11)10-12(15)6-9-16-14/h11-12H,4-10H2,1-3H3. The average molecular weight is 245 g/mol. The van der Waals surface area contributed by atoms with Gasteiger partial charge in [-0.1, -0.05) is 20.8 Å². The van der Waals surface area contributed by atoms with E-state index in [1.54, 1.807) is 0 Å². The molecule has 1 aliphatic heterocycles. The van der Waals surface area contributed by atoms with Crippen molar-refractivity contribution in [1.82, 2.24) is 0 Å². The highest BCUT2D eigenvalue weighted by Gasteiger charge is 2.42. The van der Waals surface area contributed by atoms with E-state index in [2.05, 4.69) is 20.8 Å². The molecule has 0 aromatic rings. The van der Waals surface area contributed by atoms with E-state index in [-0.39, 0.29) is 5.60 Å². The van der Waals surface area contributed by atoms with Crippen molar-refractivity contribution in [2.24, 2.45) is 11.3 Å². The average Bonchev–Trinajstić information content (AvgIpc) is 2.16. The van der Waals surface area contributed by atoms with Gasteiger partial charge in [0.15, 0.2) is 0 Å². The van der Waals surface area contributed by atoms with E-state index < -0.39 is 0 Å². The SMILES string of the molecule is CC(C)(C)C1CCC2(CC1)CC(Cl)CCO2. The molecular weight excluding hydrogens is 220 g/mol. The van der Waals surface area contributed by atoms with Gasteiger partial charge in [-0.2, -0.15) is 0 Å². The van der Waals surface area contributed by atoms with Crippen LogP contribution in [0.5, 0.6) is 0 Å². The molecule has 94 valence electrons. The van der Waals surface area contributed by atoms with Gasteiger partial charge in [-0.25, -0.2) is 0 Å². The number of hydrogen-bond acceptors (Lipinski definition) is 1. The summed E-state index contributed by atoms with van der Waals surface area (Å²) in [5, 5.41) is 0.347. The fourth-order valence-corrected chi connectivity index (χ4v) is 3.70. The number of hydrogen-bond donors (Lipinski definition) is 0. The van der Waals surface area contributed by atoms with Crippen molar-refractivity contribution in [3.63, 3.8) is 0 Å². The molecule has 0 radical (unpaired) electrons. The summed E-state index contributed by atoms with van der Waals surface area (Å²) in [7, 11) is 0. The predicted octanol–water partition coefficient (Wildman–Crippen LogP) is 4.38. The van der Waals surface area contributed by atoms with Gasteiger partial charge in [-0.05, 0) is 49.9 Å². The molecular formula is C14H25ClO. The van der Waals surface area contributed by atoms with Crippen molar-refractivity contribution >= 4 is 11.6 Å². The normalized spacial score (nSPS) is 41.2. The van der Waals surface area contributed by atoms with Gasteiger partial charge < -0.3 is 4.74 Å². The van der Waals surface area contributed by atoms with Gasteiger partial charge in [0.05, 0.1) is 5.60 Å². The summed E-state index contributed by atoms with van der Waals surface area (Å²) in [6.07, 6.45) is 7.17. The van der Waals surface area contributed by atoms with E-state index >= 15 is 0 Å². The summed E-state index contributed by atoms with van der Waals surface area (Å²) < 4.78 is 6.05. The van der Waals surface area contributed by atoms with Crippen LogP contribution in [0.2, 0.25) is 0 Å². The molecule has 2 aliphatic rings. The van der Waals surface area contributed by atoms with E-state index in [9.17, 15) is 0 Å². The third kappa shape index (κ3) is 2.73. The second-order valence-corrected chi connectivity index (χ2v) is 7.38. The zero-order valence-electron chi connectivity index (χ0n) is 10.9. The van der Waals surface area contributed by atoms with Crippen LogP contribution in [0.25, 0.3) is 0 Å². The molecule has 0 amide bonds. The van der Waals surface area contributed by atoms with Crippen LogP contribution in [-0.2, 0) is 4.74 Å². The number of alkyl halides is 1. The highest BCUT2D eigenvalue weighted by Crippen LogP contribution is 2.46. The summed E-state index contributed by atoms with van der Waals surface area (Å²) in [5.41, 5.74) is 0.600. The zero-order chi connectivity index (χ0) is 11.8. The van der Waals surface area contributed by atoms with Crippen molar-refractivity contribution in [3.05, 3.63) is 0 Å². The van der Waals surface area contributed by atoms with E-state index in [0.717, 1.165) is 25.4 Å². The summed E-state index contributed by atoms with van der Waals surface area (Å²) in [6, 6.07) is 0. The number of halogens is 1. The Morgan fingerprint density at radius 1 is 1.12 bits per heavy atom. The maximum atomic E-state index is 6.29. The molecule has 1 aliphatic carbocycles. The molecule has 1 heterocycles. The molecule has 1 unspecified atom stereocenters. The highest BCUT2D eigenvalue weighted by molar-refractivity contribution is 6.20. The fourth-order valence-electron chi connectivity index (χ4n) is 3.33. The summed E-state index contributed by atoms with van der Waals surface area (Å²) in [4.78, 5) is 0. The summed E-state index contributed by atoms with van der Waals surface area (Å²) in [6.45, 7) is 7.96. The number of ether oxygens (including phenoxy) is 1. The monoisotopic (exact) mass is 244 g/mol. The molecule has 1 spiro atoms. The van der Waals surface area contributed by atoms with Crippen LogP contribution < -0.4 is 0 Å². The van der Waals surface area contributed by atoms with Gasteiger partial charge >= 0.3 is 0 Å². The minimum atomic E-state index is 0.145. The Kier molecular flexibility index (Phi) is 3.57. The van der Waals surface area contributed by atoms with Crippen LogP contribution in [-0.4, -0.2) is 17.6 Å². The lowest BCUT2D eigenvalue weighted by atomic mass is 9.67. The summed E-state index contributed by atoms with van der Waals surface area (Å²) in [5.74, 6) is 0.859. The first-order valence-corrected chi connectivity index (χ1v) is 7.13. The van der Waals surface area contributed by atoms with E-state index in [1.807, 2.05) is 0 Å². The van der Waals surface area contributed by atoms with E-state index in [4.69, 9.17) is 16.3 Å². The maximum absolute atomic E-state index is 6.29. The zero-order valence-corrected chi connectivity index (χ0v) is 11.6. The second-order valence-electron chi connectivity index (χ2n) is 6.76. The predicted molar refractivity (Wildman–Crippen MR) is 69.0 cm³/mol. The second kappa shape index (κ2) is 4.49. The van der Waals surface area contributed by atoms with Crippen molar-refractivity contribution in [3.8, 4) is 0 Å². The first kappa shape index (κ1) is 12.7. The number of rotatable bonds is 0. The largest absolute Gasteiger partial charge is 0.375 e. The van der Waals surface area contributed by atoms with Crippen LogP contribution in [0.15, 0.2) is 0 Å². The molecule has 16 heavy (non-hydrogen) atoms. The maximum Gasteiger partial charge on any atom is 0.0696 e. The fraction of sp³-hybridized carbons (Fsp3) is 1.00. The van der Waals surface area contributed by atoms with Crippen LogP contribution in [0, 0.1) is 11.3 Å². The van der Waals surface area contributed by atoms with Crippen molar-refractivity contribution in [1.29, 1.82) is 0 Å². The van der Waals surface area contributed by atoms with Crippen molar-refractivity contribution < 1.29 is 4.74 Å². The van der Waals surface area contributed by atoms with Crippen LogP contribution in [0.4, 0.5) is 0 Å². The lowest BCUT2D eigenvalue weighted by Gasteiger charge is -2.46. The molecule has 2 rings (SSSR count). The smallest absolute Gasteiger partial charge is 0.0696 e. The third-order valence-electron chi connectivity index (χ3n) is 4.55. The summed E-state index contributed by atoms with van der Waals surface area (Å²) >= 11 is 6.29. The first-order chi connectivity index (χ1) is 7.41. The van der Waals surface area contributed by atoms with Gasteiger partial charge in [-0.15, -0.1) is 11.6 Å². The Morgan fingerprint density at radius 3 is 2.25 bits per heavy atom. The third-order valence-corrected chi connectivity index (χ3v) is 4.93. The lowest BCUT2D eigenvalue weighted by Crippen LogP contribution is -2.44. The van der Waals surface area contributed by atoms with Gasteiger partial charge in [0.2, 0.25) is 0 Å². The Morgan fingerprint density at radius 2 is 1.75 bits per heavy atom. The van der Waals surface area contributed by atoms with E-state index in [0.29, 0.717) is 10.8 Å². The topological polar surface area (TPSA) is 9.23 Å². The minimum absolute atomic E-state index is 0.145. The van der Waals surface area contributed by atoms with Crippen molar-refractivity contribution in [2.45, 2.75) is 70.3 Å². The van der Waals surface area contributed by atoms with Gasteiger partial charge in [0, 0.05) is 12.0 Å². The molecule has 1 saturated heterocycles. The van der Waals surface area contributed by atoms with Crippen molar-refractivity contribution in [2.75, 3.05) is 6.61 Å². The molecule has 0 N–H and O–H groups in total. The molecule has 2 heteroatoms. The molecule has 0 bridgehead atoms. The molecule has 2 fully saturated rings. The molecule has 0 aromatic carbocycles. The quantitative estimate of drug-likeness (QED) is 0.575. The van der Waals surface area contributed by atoms with Crippen LogP contribution in [0.3, 0.4) is 0 Å². The Bertz CT molecular complexity index is 236. The molecule has 1 nitrogen and oxygen atoms in total. The first-order valence-electron chi connectivity index (χ1n) is 6.69. The van der Waals surface area contributed by atoms with Gasteiger partial charge in [-0.3, -0.25) is 0 Å². The molecule has 0 aromatic heterocycles. The van der Waals surface area contributed by atoms with Crippen LogP contribution >= 0.6 is 11.6 Å². The van der Waals surface area contributed by atoms with E-state index in [1.165, 1.54) is 25.7 Å². The Balaban J connectivity index is 1.93.